The van der Waals surface area contributed by atoms with Crippen LogP contribution >= 0.6 is 0 Å². The van der Waals surface area contributed by atoms with Gasteiger partial charge in [0.25, 0.3) is 0 Å². The molecule has 2 rings (SSSR count). The number of rotatable bonds is 0. The van der Waals surface area contributed by atoms with Crippen LogP contribution < -0.4 is 0 Å². The molecule has 3 radical (unpaired) electrons. The van der Waals surface area contributed by atoms with Crippen LogP contribution in [0.25, 0.3) is 0 Å². The van der Waals surface area contributed by atoms with E-state index in [-0.39, 0.29) is 8.41 Å². The van der Waals surface area contributed by atoms with E-state index in [1.165, 1.54) is 22.8 Å². The van der Waals surface area contributed by atoms with Crippen LogP contribution in [0.5, 0.6) is 0 Å². The fraction of sp³-hybridized carbons (Fsp3) is 0.467. The van der Waals surface area contributed by atoms with Crippen LogP contribution in [-0.2, 0) is 14.1 Å². The summed E-state index contributed by atoms with van der Waals surface area (Å²) in [5, 5.41) is 7.00. The smallest absolute Gasteiger partial charge is 0.0319 e. The lowest BCUT2D eigenvalue weighted by molar-refractivity contribution is 0.399. The van der Waals surface area contributed by atoms with Gasteiger partial charge in [0.05, 0.1) is 0 Å². The highest BCUT2D eigenvalue weighted by molar-refractivity contribution is 5.75. The molecule has 0 saturated heterocycles. The van der Waals surface area contributed by atoms with E-state index in [1.54, 1.807) is 0 Å². The first-order chi connectivity index (χ1) is 8.43. The third-order valence-corrected chi connectivity index (χ3v) is 3.25. The largest absolute Gasteiger partial charge is 0.400 e. The van der Waals surface area contributed by atoms with Crippen LogP contribution in [0.3, 0.4) is 0 Å². The first-order valence-electron chi connectivity index (χ1n) is 6.06. The molecule has 0 saturated carbocycles. The van der Waals surface area contributed by atoms with Gasteiger partial charge in [0, 0.05) is 52.4 Å². The molecule has 0 amide bonds. The van der Waals surface area contributed by atoms with Crippen molar-refractivity contribution in [2.45, 2.75) is 27.7 Å². The van der Waals surface area contributed by atoms with E-state index in [9.17, 15) is 0 Å². The molecule has 2 aromatic rings. The van der Waals surface area contributed by atoms with E-state index in [0.717, 1.165) is 7.11 Å². The van der Waals surface area contributed by atoms with Gasteiger partial charge in [-0.25, -0.2) is 0 Å². The Morgan fingerprint density at radius 2 is 0.789 bits per heavy atom. The van der Waals surface area contributed by atoms with E-state index in [1.807, 2.05) is 0 Å². The summed E-state index contributed by atoms with van der Waals surface area (Å²) in [6, 6.07) is 8.48. The van der Waals surface area contributed by atoms with Gasteiger partial charge in [-0.1, -0.05) is 0 Å². The highest BCUT2D eigenvalue weighted by atomic mass is 16.2. The molecule has 105 valence electrons. The molecule has 19 heavy (non-hydrogen) atoms. The summed E-state index contributed by atoms with van der Waals surface area (Å²) < 4.78 is 4.33. The van der Waals surface area contributed by atoms with Crippen LogP contribution in [0.15, 0.2) is 24.3 Å². The number of aliphatic hydroxyl groups is 1. The molecule has 0 spiro atoms. The molecule has 1 N–H and O–H groups in total. The summed E-state index contributed by atoms with van der Waals surface area (Å²) in [7, 11) is 5.15. The quantitative estimate of drug-likeness (QED) is 0.726. The lowest BCUT2D eigenvalue weighted by atomic mass is 10.5. The topological polar surface area (TPSA) is 30.1 Å². The number of hydrogen-bond donors (Lipinski definition) is 1. The molecule has 0 aliphatic heterocycles. The van der Waals surface area contributed by atoms with Gasteiger partial charge < -0.3 is 14.2 Å². The lowest BCUT2D eigenvalue weighted by Crippen LogP contribution is -1.91. The SMILES string of the molecule is CO.Cc1ccc(C)n1C.Cc1ccc(C)n1C.[B]. The molecule has 0 unspecified atom stereocenters. The van der Waals surface area contributed by atoms with E-state index in [4.69, 9.17) is 5.11 Å². The van der Waals surface area contributed by atoms with Crippen molar-refractivity contribution in [2.24, 2.45) is 14.1 Å². The third-order valence-electron chi connectivity index (χ3n) is 3.25. The molecule has 2 aromatic heterocycles. The van der Waals surface area contributed by atoms with Crippen molar-refractivity contribution in [1.82, 2.24) is 9.13 Å². The zero-order valence-corrected chi connectivity index (χ0v) is 13.2. The Hall–Kier alpha value is -1.42. The van der Waals surface area contributed by atoms with Crippen LogP contribution in [0.4, 0.5) is 0 Å². The van der Waals surface area contributed by atoms with Crippen molar-refractivity contribution >= 4 is 8.41 Å². The maximum Gasteiger partial charge on any atom is 0.0319 e. The Morgan fingerprint density at radius 1 is 0.632 bits per heavy atom. The van der Waals surface area contributed by atoms with Gasteiger partial charge in [-0.05, 0) is 52.0 Å². The first-order valence-corrected chi connectivity index (χ1v) is 6.06. The minimum Gasteiger partial charge on any atom is -0.400 e. The van der Waals surface area contributed by atoms with Crippen LogP contribution in [0.2, 0.25) is 0 Å². The summed E-state index contributed by atoms with van der Waals surface area (Å²) in [6.07, 6.45) is 0. The van der Waals surface area contributed by atoms with E-state index < -0.39 is 0 Å². The minimum absolute atomic E-state index is 0. The van der Waals surface area contributed by atoms with Gasteiger partial charge >= 0.3 is 0 Å². The van der Waals surface area contributed by atoms with E-state index in [0.29, 0.717) is 0 Å². The van der Waals surface area contributed by atoms with Crippen molar-refractivity contribution in [2.75, 3.05) is 7.11 Å². The van der Waals surface area contributed by atoms with Gasteiger partial charge in [0.15, 0.2) is 0 Å². The summed E-state index contributed by atoms with van der Waals surface area (Å²) in [5.74, 6) is 0. The van der Waals surface area contributed by atoms with Crippen LogP contribution in [-0.4, -0.2) is 29.8 Å². The van der Waals surface area contributed by atoms with Gasteiger partial charge in [-0.2, -0.15) is 0 Å². The van der Waals surface area contributed by atoms with Gasteiger partial charge in [0.1, 0.15) is 0 Å². The number of aromatic nitrogens is 2. The van der Waals surface area contributed by atoms with E-state index >= 15 is 0 Å². The van der Waals surface area contributed by atoms with Crippen molar-refractivity contribution in [1.29, 1.82) is 0 Å². The van der Waals surface area contributed by atoms with Gasteiger partial charge in [0.2, 0.25) is 0 Å². The molecule has 0 fully saturated rings. The molecular formula is C15H26BN2O. The molecule has 0 atom stereocenters. The summed E-state index contributed by atoms with van der Waals surface area (Å²) in [4.78, 5) is 0. The maximum atomic E-state index is 7.00. The highest BCUT2D eigenvalue weighted by Crippen LogP contribution is 2.02. The molecule has 0 bridgehead atoms. The zero-order chi connectivity index (χ0) is 14.3. The van der Waals surface area contributed by atoms with Crippen molar-refractivity contribution < 1.29 is 5.11 Å². The highest BCUT2D eigenvalue weighted by Gasteiger charge is 1.91. The molecular weight excluding hydrogens is 235 g/mol. The lowest BCUT2D eigenvalue weighted by Gasteiger charge is -1.96. The summed E-state index contributed by atoms with van der Waals surface area (Å²) >= 11 is 0. The second-order valence-corrected chi connectivity index (χ2v) is 4.35. The normalized spacial score (nSPS) is 8.63. The molecule has 0 aliphatic rings. The predicted octanol–water partition coefficient (Wildman–Crippen LogP) is 2.51. The Labute approximate surface area is 119 Å². The summed E-state index contributed by atoms with van der Waals surface area (Å²) in [5.41, 5.74) is 5.29. The standard InChI is InChI=1S/2C7H11N.CH4O.B/c2*1-6-4-5-7(2)8(6)3;1-2;/h2*4-5H,1-3H3;2H,1H3;. The predicted molar refractivity (Wildman–Crippen MR) is 83.7 cm³/mol. The van der Waals surface area contributed by atoms with Gasteiger partial charge in [-0.3, -0.25) is 0 Å². The van der Waals surface area contributed by atoms with Crippen molar-refractivity contribution in [3.05, 3.63) is 47.0 Å². The minimum atomic E-state index is 0. The van der Waals surface area contributed by atoms with Crippen LogP contribution in [0.1, 0.15) is 22.8 Å². The Balaban J connectivity index is 0. The Morgan fingerprint density at radius 3 is 0.842 bits per heavy atom. The second kappa shape index (κ2) is 9.51. The van der Waals surface area contributed by atoms with Crippen molar-refractivity contribution in [3.63, 3.8) is 0 Å². The molecule has 0 aromatic carbocycles. The third kappa shape index (κ3) is 5.84. The molecule has 2 heterocycles. The second-order valence-electron chi connectivity index (χ2n) is 4.35. The molecule has 4 heteroatoms. The molecule has 3 nitrogen and oxygen atoms in total. The van der Waals surface area contributed by atoms with Crippen molar-refractivity contribution in [3.8, 4) is 0 Å². The zero-order valence-electron chi connectivity index (χ0n) is 13.2. The fourth-order valence-electron chi connectivity index (χ4n) is 1.49. The summed E-state index contributed by atoms with van der Waals surface area (Å²) in [6.45, 7) is 8.42. The Bertz CT molecular complexity index is 389. The van der Waals surface area contributed by atoms with Crippen LogP contribution in [0, 0.1) is 27.7 Å². The maximum absolute atomic E-state index is 7.00. The van der Waals surface area contributed by atoms with Gasteiger partial charge in [-0.15, -0.1) is 0 Å². The number of aryl methyl sites for hydroxylation is 4. The monoisotopic (exact) mass is 261 g/mol. The average molecular weight is 261 g/mol. The average Bonchev–Trinajstić information content (AvgIpc) is 2.83. The number of nitrogens with zero attached hydrogens (tertiary/aromatic N) is 2. The fourth-order valence-corrected chi connectivity index (χ4v) is 1.49. The Kier molecular flexibility index (Phi) is 9.96. The first kappa shape index (κ1) is 19.9. The number of aliphatic hydroxyl groups excluding tert-OH is 1. The number of hydrogen-bond acceptors (Lipinski definition) is 1. The molecule has 0 aliphatic carbocycles. The van der Waals surface area contributed by atoms with E-state index in [2.05, 4.69) is 75.2 Å².